The van der Waals surface area contributed by atoms with Crippen molar-refractivity contribution in [3.05, 3.63) is 96.3 Å². The monoisotopic (exact) mass is 359 g/mol. The Kier molecular flexibility index (Phi) is 3.70. The molecule has 2 heterocycles. The van der Waals surface area contributed by atoms with Crippen LogP contribution >= 0.6 is 0 Å². The number of nitrogens with zero attached hydrogens (tertiary/aromatic N) is 3. The lowest BCUT2D eigenvalue weighted by Gasteiger charge is -2.11. The van der Waals surface area contributed by atoms with Gasteiger partial charge in [-0.3, -0.25) is 4.98 Å². The van der Waals surface area contributed by atoms with E-state index in [4.69, 9.17) is 0 Å². The molecule has 0 aliphatic heterocycles. The number of fused-ring (bicyclic) bond motifs is 3. The molecule has 0 N–H and O–H groups in total. The molecule has 132 valence electrons. The summed E-state index contributed by atoms with van der Waals surface area (Å²) in [4.78, 5) is 4.11. The highest BCUT2D eigenvalue weighted by molar-refractivity contribution is 6.09. The Labute approximate surface area is 163 Å². The van der Waals surface area contributed by atoms with Gasteiger partial charge >= 0.3 is 0 Å². The van der Waals surface area contributed by atoms with E-state index in [1.54, 1.807) is 12.4 Å². The van der Waals surface area contributed by atoms with E-state index in [0.717, 1.165) is 27.8 Å². The molecule has 0 aliphatic rings. The van der Waals surface area contributed by atoms with E-state index in [1.165, 1.54) is 16.3 Å². The van der Waals surface area contributed by atoms with Crippen molar-refractivity contribution in [1.82, 2.24) is 9.55 Å². The number of hydrogen-bond donors (Lipinski definition) is 0. The zero-order valence-electron chi connectivity index (χ0n) is 15.4. The van der Waals surface area contributed by atoms with Gasteiger partial charge < -0.3 is 4.57 Å². The number of nitriles is 1. The fourth-order valence-corrected chi connectivity index (χ4v) is 3.87. The second-order valence-corrected chi connectivity index (χ2v) is 6.99. The summed E-state index contributed by atoms with van der Waals surface area (Å²) in [5, 5.41) is 12.1. The second kappa shape index (κ2) is 6.37. The molecule has 0 radical (unpaired) electrons. The summed E-state index contributed by atoms with van der Waals surface area (Å²) in [6.45, 7) is 2.11. The van der Waals surface area contributed by atoms with Gasteiger partial charge in [-0.1, -0.05) is 30.3 Å². The zero-order chi connectivity index (χ0) is 19.1. The molecule has 0 saturated heterocycles. The van der Waals surface area contributed by atoms with E-state index in [1.807, 2.05) is 24.3 Å². The average molecular weight is 359 g/mol. The Morgan fingerprint density at radius 2 is 1.57 bits per heavy atom. The SMILES string of the molecule is Cc1ccc2c3ccccc3n(-c3cc(C#N)cc(-c4ccncc4)c3)c2c1. The maximum atomic E-state index is 9.63. The predicted octanol–water partition coefficient (Wildman–Crippen LogP) is 6.03. The second-order valence-electron chi connectivity index (χ2n) is 6.99. The van der Waals surface area contributed by atoms with Gasteiger partial charge in [0, 0.05) is 28.9 Å². The third-order valence-corrected chi connectivity index (χ3v) is 5.15. The molecule has 0 fully saturated rings. The lowest BCUT2D eigenvalue weighted by Crippen LogP contribution is -1.96. The van der Waals surface area contributed by atoms with Crippen LogP contribution in [0.5, 0.6) is 0 Å². The predicted molar refractivity (Wildman–Crippen MR) is 113 cm³/mol. The Balaban J connectivity index is 1.88. The molecule has 0 bridgehead atoms. The van der Waals surface area contributed by atoms with Gasteiger partial charge in [0.1, 0.15) is 0 Å². The molecule has 3 nitrogen and oxygen atoms in total. The Morgan fingerprint density at radius 3 is 2.39 bits per heavy atom. The van der Waals surface area contributed by atoms with Crippen LogP contribution in [0.2, 0.25) is 0 Å². The number of aryl methyl sites for hydroxylation is 1. The minimum absolute atomic E-state index is 0.642. The molecule has 0 amide bonds. The van der Waals surface area contributed by atoms with Crippen LogP contribution in [0.15, 0.2) is 85.2 Å². The largest absolute Gasteiger partial charge is 0.309 e. The number of benzene rings is 3. The van der Waals surface area contributed by atoms with Gasteiger partial charge in [0.05, 0.1) is 22.7 Å². The summed E-state index contributed by atoms with van der Waals surface area (Å²) in [6, 6.07) is 27.2. The van der Waals surface area contributed by atoms with E-state index in [0.29, 0.717) is 5.56 Å². The van der Waals surface area contributed by atoms with Crippen LogP contribution in [0.1, 0.15) is 11.1 Å². The van der Waals surface area contributed by atoms with Crippen LogP contribution in [0.4, 0.5) is 0 Å². The molecule has 3 heteroatoms. The molecular formula is C25H17N3. The highest BCUT2D eigenvalue weighted by atomic mass is 15.0. The molecule has 0 saturated carbocycles. The molecule has 0 aliphatic carbocycles. The van der Waals surface area contributed by atoms with Gasteiger partial charge in [-0.2, -0.15) is 5.26 Å². The lowest BCUT2D eigenvalue weighted by molar-refractivity contribution is 1.17. The summed E-state index contributed by atoms with van der Waals surface area (Å²) in [7, 11) is 0. The third kappa shape index (κ3) is 2.55. The molecule has 0 spiro atoms. The number of pyridine rings is 1. The van der Waals surface area contributed by atoms with Gasteiger partial charge in [0.2, 0.25) is 0 Å². The van der Waals surface area contributed by atoms with E-state index in [9.17, 15) is 5.26 Å². The quantitative estimate of drug-likeness (QED) is 0.386. The summed E-state index contributed by atoms with van der Waals surface area (Å²) >= 11 is 0. The van der Waals surface area contributed by atoms with Crippen molar-refractivity contribution in [2.24, 2.45) is 0 Å². The van der Waals surface area contributed by atoms with Crippen LogP contribution in [0.3, 0.4) is 0 Å². The minimum Gasteiger partial charge on any atom is -0.309 e. The van der Waals surface area contributed by atoms with Crippen molar-refractivity contribution in [3.8, 4) is 22.9 Å². The number of aromatic nitrogens is 2. The fraction of sp³-hybridized carbons (Fsp3) is 0.0400. The topological polar surface area (TPSA) is 41.6 Å². The third-order valence-electron chi connectivity index (χ3n) is 5.15. The molecule has 5 rings (SSSR count). The van der Waals surface area contributed by atoms with Gasteiger partial charge in [0.25, 0.3) is 0 Å². The summed E-state index contributed by atoms with van der Waals surface area (Å²) in [6.07, 6.45) is 3.55. The highest BCUT2D eigenvalue weighted by Gasteiger charge is 2.13. The molecule has 5 aromatic rings. The standard InChI is InChI=1S/C25H17N3/c1-17-6-7-23-22-4-2-3-5-24(22)28(25(23)12-17)21-14-18(16-26)13-20(15-21)19-8-10-27-11-9-19/h2-15H,1H3. The van der Waals surface area contributed by atoms with Gasteiger partial charge in [-0.05, 0) is 66.1 Å². The van der Waals surface area contributed by atoms with E-state index in [2.05, 4.69) is 71.1 Å². The van der Waals surface area contributed by atoms with Gasteiger partial charge in [-0.25, -0.2) is 0 Å². The smallest absolute Gasteiger partial charge is 0.0992 e. The zero-order valence-corrected chi connectivity index (χ0v) is 15.4. The maximum Gasteiger partial charge on any atom is 0.0992 e. The fourth-order valence-electron chi connectivity index (χ4n) is 3.87. The van der Waals surface area contributed by atoms with E-state index >= 15 is 0 Å². The van der Waals surface area contributed by atoms with Crippen molar-refractivity contribution in [1.29, 1.82) is 5.26 Å². The molecule has 3 aromatic carbocycles. The van der Waals surface area contributed by atoms with E-state index < -0.39 is 0 Å². The molecule has 0 atom stereocenters. The first kappa shape index (κ1) is 16.3. The van der Waals surface area contributed by atoms with Crippen molar-refractivity contribution in [2.75, 3.05) is 0 Å². The number of rotatable bonds is 2. The molecular weight excluding hydrogens is 342 g/mol. The van der Waals surface area contributed by atoms with Crippen molar-refractivity contribution < 1.29 is 0 Å². The van der Waals surface area contributed by atoms with Crippen LogP contribution < -0.4 is 0 Å². The Bertz CT molecular complexity index is 1370. The number of para-hydroxylation sites is 1. The van der Waals surface area contributed by atoms with E-state index in [-0.39, 0.29) is 0 Å². The van der Waals surface area contributed by atoms with Crippen molar-refractivity contribution in [3.63, 3.8) is 0 Å². The van der Waals surface area contributed by atoms with Crippen molar-refractivity contribution in [2.45, 2.75) is 6.92 Å². The highest BCUT2D eigenvalue weighted by Crippen LogP contribution is 2.34. The molecule has 2 aromatic heterocycles. The number of hydrogen-bond acceptors (Lipinski definition) is 2. The first-order valence-corrected chi connectivity index (χ1v) is 9.20. The average Bonchev–Trinajstić information content (AvgIpc) is 3.07. The van der Waals surface area contributed by atoms with Crippen LogP contribution in [-0.2, 0) is 0 Å². The molecule has 28 heavy (non-hydrogen) atoms. The van der Waals surface area contributed by atoms with Gasteiger partial charge in [0.15, 0.2) is 0 Å². The summed E-state index contributed by atoms with van der Waals surface area (Å²) in [5.74, 6) is 0. The summed E-state index contributed by atoms with van der Waals surface area (Å²) < 4.78 is 2.25. The Hall–Kier alpha value is -3.90. The minimum atomic E-state index is 0.642. The van der Waals surface area contributed by atoms with Crippen LogP contribution in [0, 0.1) is 18.3 Å². The van der Waals surface area contributed by atoms with Crippen LogP contribution in [-0.4, -0.2) is 9.55 Å². The lowest BCUT2D eigenvalue weighted by atomic mass is 10.0. The first-order valence-electron chi connectivity index (χ1n) is 9.20. The van der Waals surface area contributed by atoms with Gasteiger partial charge in [-0.15, -0.1) is 0 Å². The normalized spacial score (nSPS) is 11.0. The van der Waals surface area contributed by atoms with Crippen molar-refractivity contribution >= 4 is 21.8 Å². The van der Waals surface area contributed by atoms with Crippen LogP contribution in [0.25, 0.3) is 38.6 Å². The Morgan fingerprint density at radius 1 is 0.786 bits per heavy atom. The molecule has 0 unspecified atom stereocenters. The summed E-state index contributed by atoms with van der Waals surface area (Å²) in [5.41, 5.74) is 7.18. The maximum absolute atomic E-state index is 9.63. The first-order chi connectivity index (χ1) is 13.7.